The molecule has 1 saturated carbocycles. The molecule has 0 radical (unpaired) electrons. The highest BCUT2D eigenvalue weighted by Crippen LogP contribution is 2.32. The third-order valence-corrected chi connectivity index (χ3v) is 8.56. The Morgan fingerprint density at radius 2 is 1.83 bits per heavy atom. The Kier molecular flexibility index (Phi) is 5.64. The average molecular weight is 475 g/mol. The first-order valence-corrected chi connectivity index (χ1v) is 12.0. The lowest BCUT2D eigenvalue weighted by Crippen LogP contribution is -2.39. The second kappa shape index (κ2) is 8.05. The standard InChI is InChI=1S/C22H23BrN2O3S/c1-15-7-6-8-16-13-17(22(26)24-21(15)16)14-25(18-9-2-3-10-18)29(27,28)20-12-5-4-11-19(20)23/h4-8,11-13,18H,2-3,9-10,14H2,1H3,(H,24,26). The number of H-pyrrole nitrogens is 1. The summed E-state index contributed by atoms with van der Waals surface area (Å²) in [6.07, 6.45) is 3.63. The summed E-state index contributed by atoms with van der Waals surface area (Å²) < 4.78 is 29.2. The van der Waals surface area contributed by atoms with Crippen LogP contribution in [0.1, 0.15) is 36.8 Å². The number of nitrogens with zero attached hydrogens (tertiary/aromatic N) is 1. The van der Waals surface area contributed by atoms with E-state index in [1.54, 1.807) is 24.3 Å². The van der Waals surface area contributed by atoms with Crippen molar-refractivity contribution in [1.29, 1.82) is 0 Å². The van der Waals surface area contributed by atoms with Crippen LogP contribution in [0.15, 0.2) is 62.7 Å². The van der Waals surface area contributed by atoms with Gasteiger partial charge in [0.25, 0.3) is 5.56 Å². The normalized spacial score (nSPS) is 15.4. The lowest BCUT2D eigenvalue weighted by molar-refractivity contribution is 0.315. The number of nitrogens with one attached hydrogen (secondary N) is 1. The summed E-state index contributed by atoms with van der Waals surface area (Å²) in [6.45, 7) is 2.01. The summed E-state index contributed by atoms with van der Waals surface area (Å²) in [5.74, 6) is 0. The number of benzene rings is 2. The van der Waals surface area contributed by atoms with Crippen molar-refractivity contribution in [2.45, 2.75) is 50.1 Å². The van der Waals surface area contributed by atoms with Crippen molar-refractivity contribution in [3.63, 3.8) is 0 Å². The molecule has 1 heterocycles. The van der Waals surface area contributed by atoms with Gasteiger partial charge in [0.2, 0.25) is 10.0 Å². The Hall–Kier alpha value is -1.96. The van der Waals surface area contributed by atoms with Crippen molar-refractivity contribution in [3.8, 4) is 0 Å². The molecule has 0 atom stereocenters. The second-order valence-electron chi connectivity index (χ2n) is 7.58. The van der Waals surface area contributed by atoms with Crippen molar-refractivity contribution in [2.75, 3.05) is 0 Å². The van der Waals surface area contributed by atoms with Crippen molar-refractivity contribution in [2.24, 2.45) is 0 Å². The fourth-order valence-corrected chi connectivity index (χ4v) is 6.73. The van der Waals surface area contributed by atoms with Gasteiger partial charge in [-0.1, -0.05) is 43.2 Å². The van der Waals surface area contributed by atoms with Crippen LogP contribution in [0.3, 0.4) is 0 Å². The number of sulfonamides is 1. The van der Waals surface area contributed by atoms with Gasteiger partial charge in [-0.3, -0.25) is 4.79 Å². The molecule has 29 heavy (non-hydrogen) atoms. The zero-order chi connectivity index (χ0) is 20.6. The Bertz CT molecular complexity index is 1210. The monoisotopic (exact) mass is 474 g/mol. The maximum Gasteiger partial charge on any atom is 0.252 e. The van der Waals surface area contributed by atoms with E-state index in [1.807, 2.05) is 31.2 Å². The molecule has 0 amide bonds. The number of fused-ring (bicyclic) bond motifs is 1. The van der Waals surface area contributed by atoms with Gasteiger partial charge < -0.3 is 4.98 Å². The van der Waals surface area contributed by atoms with E-state index in [4.69, 9.17) is 0 Å². The number of pyridine rings is 1. The zero-order valence-electron chi connectivity index (χ0n) is 16.2. The Morgan fingerprint density at radius 1 is 1.10 bits per heavy atom. The number of rotatable bonds is 5. The molecule has 0 spiro atoms. The average Bonchev–Trinajstić information content (AvgIpc) is 3.21. The topological polar surface area (TPSA) is 70.2 Å². The van der Waals surface area contributed by atoms with Crippen molar-refractivity contribution < 1.29 is 8.42 Å². The predicted octanol–water partition coefficient (Wildman–Crippen LogP) is 4.73. The molecule has 1 aromatic heterocycles. The van der Waals surface area contributed by atoms with Crippen molar-refractivity contribution >= 4 is 36.9 Å². The van der Waals surface area contributed by atoms with Gasteiger partial charge in [-0.2, -0.15) is 4.31 Å². The second-order valence-corrected chi connectivity index (χ2v) is 10.3. The van der Waals surface area contributed by atoms with E-state index in [2.05, 4.69) is 20.9 Å². The molecule has 1 aliphatic rings. The number of hydrogen-bond donors (Lipinski definition) is 1. The lowest BCUT2D eigenvalue weighted by Gasteiger charge is -2.28. The highest BCUT2D eigenvalue weighted by Gasteiger charge is 2.34. The van der Waals surface area contributed by atoms with Crippen LogP contribution in [0.2, 0.25) is 0 Å². The SMILES string of the molecule is Cc1cccc2cc(CN(C3CCCC3)S(=O)(=O)c3ccccc3Br)c(=O)[nH]c12. The number of aromatic amines is 1. The van der Waals surface area contributed by atoms with Gasteiger partial charge in [0.05, 0.1) is 10.4 Å². The van der Waals surface area contributed by atoms with Gasteiger partial charge in [0, 0.05) is 22.6 Å². The summed E-state index contributed by atoms with van der Waals surface area (Å²) in [5, 5.41) is 0.907. The van der Waals surface area contributed by atoms with Crippen molar-refractivity contribution in [1.82, 2.24) is 9.29 Å². The van der Waals surface area contributed by atoms with Crippen LogP contribution in [0.4, 0.5) is 0 Å². The lowest BCUT2D eigenvalue weighted by atomic mass is 10.1. The highest BCUT2D eigenvalue weighted by atomic mass is 79.9. The minimum Gasteiger partial charge on any atom is -0.321 e. The Balaban J connectivity index is 1.80. The fourth-order valence-electron chi connectivity index (χ4n) is 4.10. The molecule has 0 unspecified atom stereocenters. The van der Waals surface area contributed by atoms with E-state index in [9.17, 15) is 13.2 Å². The number of aromatic nitrogens is 1. The van der Waals surface area contributed by atoms with Gasteiger partial charge >= 0.3 is 0 Å². The van der Waals surface area contributed by atoms with Crippen LogP contribution >= 0.6 is 15.9 Å². The van der Waals surface area contributed by atoms with E-state index in [0.29, 0.717) is 10.0 Å². The van der Waals surface area contributed by atoms with E-state index >= 15 is 0 Å². The fraction of sp³-hybridized carbons (Fsp3) is 0.318. The minimum absolute atomic E-state index is 0.0630. The summed E-state index contributed by atoms with van der Waals surface area (Å²) >= 11 is 3.38. The van der Waals surface area contributed by atoms with Gasteiger partial charge in [0.1, 0.15) is 0 Å². The van der Waals surface area contributed by atoms with Crippen LogP contribution in [-0.2, 0) is 16.6 Å². The summed E-state index contributed by atoms with van der Waals surface area (Å²) in [4.78, 5) is 16.0. The number of aryl methyl sites for hydroxylation is 1. The van der Waals surface area contributed by atoms with Crippen LogP contribution in [0.5, 0.6) is 0 Å². The molecule has 5 nitrogen and oxygen atoms in total. The Labute approximate surface area is 178 Å². The smallest absolute Gasteiger partial charge is 0.252 e. The highest BCUT2D eigenvalue weighted by molar-refractivity contribution is 9.10. The molecule has 3 aromatic rings. The van der Waals surface area contributed by atoms with Crippen LogP contribution in [0.25, 0.3) is 10.9 Å². The summed E-state index contributed by atoms with van der Waals surface area (Å²) in [6, 6.07) is 14.4. The van der Waals surface area contributed by atoms with Crippen LogP contribution in [-0.4, -0.2) is 23.7 Å². The number of hydrogen-bond acceptors (Lipinski definition) is 3. The first kappa shape index (κ1) is 20.3. The van der Waals surface area contributed by atoms with Gasteiger partial charge in [-0.15, -0.1) is 0 Å². The van der Waals surface area contributed by atoms with E-state index in [-0.39, 0.29) is 23.0 Å². The molecule has 1 N–H and O–H groups in total. The molecule has 1 fully saturated rings. The van der Waals surface area contributed by atoms with E-state index < -0.39 is 10.0 Å². The molecule has 0 saturated heterocycles. The zero-order valence-corrected chi connectivity index (χ0v) is 18.6. The molecular weight excluding hydrogens is 452 g/mol. The molecule has 0 bridgehead atoms. The van der Waals surface area contributed by atoms with Crippen LogP contribution in [0, 0.1) is 6.92 Å². The maximum atomic E-state index is 13.6. The van der Waals surface area contributed by atoms with Gasteiger partial charge in [-0.25, -0.2) is 8.42 Å². The Morgan fingerprint density at radius 3 is 2.55 bits per heavy atom. The largest absolute Gasteiger partial charge is 0.321 e. The quantitative estimate of drug-likeness (QED) is 0.580. The molecule has 1 aliphatic carbocycles. The molecule has 4 rings (SSSR count). The van der Waals surface area contributed by atoms with Crippen molar-refractivity contribution in [3.05, 3.63) is 74.5 Å². The summed E-state index contributed by atoms with van der Waals surface area (Å²) in [5.41, 5.74) is 2.00. The predicted molar refractivity (Wildman–Crippen MR) is 118 cm³/mol. The molecule has 2 aromatic carbocycles. The molecule has 152 valence electrons. The van der Waals surface area contributed by atoms with Crippen LogP contribution < -0.4 is 5.56 Å². The van der Waals surface area contributed by atoms with E-state index in [0.717, 1.165) is 42.1 Å². The maximum absolute atomic E-state index is 13.6. The minimum atomic E-state index is -3.76. The third kappa shape index (κ3) is 3.91. The third-order valence-electron chi connectivity index (χ3n) is 5.65. The molecule has 0 aliphatic heterocycles. The van der Waals surface area contributed by atoms with Gasteiger partial charge in [0.15, 0.2) is 0 Å². The summed E-state index contributed by atoms with van der Waals surface area (Å²) in [7, 11) is -3.76. The number of para-hydroxylation sites is 1. The van der Waals surface area contributed by atoms with Gasteiger partial charge in [-0.05, 0) is 64.8 Å². The molecule has 7 heteroatoms. The molecular formula is C22H23BrN2O3S. The first-order valence-electron chi connectivity index (χ1n) is 9.76. The van der Waals surface area contributed by atoms with E-state index in [1.165, 1.54) is 4.31 Å². The number of halogens is 1. The first-order chi connectivity index (χ1) is 13.9.